The van der Waals surface area contributed by atoms with E-state index < -0.39 is 22.4 Å². The number of alkyl halides is 1. The molecule has 0 aliphatic carbocycles. The summed E-state index contributed by atoms with van der Waals surface area (Å²) in [5, 5.41) is 16.7. The van der Waals surface area contributed by atoms with Gasteiger partial charge in [0.25, 0.3) is 0 Å². The SMILES string of the molecule is CC(C)(Cl)C(=O)OCc1ccccc1.CC(C)(N)C(=O)O.N.OCc1ccccc1. The maximum atomic E-state index is 11.3. The van der Waals surface area contributed by atoms with E-state index in [1.807, 2.05) is 60.7 Å². The van der Waals surface area contributed by atoms with Crippen molar-refractivity contribution >= 4 is 23.5 Å². The van der Waals surface area contributed by atoms with Gasteiger partial charge in [-0.25, -0.2) is 0 Å². The Bertz CT molecular complexity index is 727. The van der Waals surface area contributed by atoms with Gasteiger partial charge in [0.15, 0.2) is 0 Å². The fourth-order valence-electron chi connectivity index (χ4n) is 1.48. The number of rotatable bonds is 5. The molecule has 0 unspecified atom stereocenters. The summed E-state index contributed by atoms with van der Waals surface area (Å²) in [5.41, 5.74) is 5.92. The average Bonchev–Trinajstić information content (AvgIpc) is 2.67. The monoisotopic (exact) mass is 440 g/mol. The van der Waals surface area contributed by atoms with Gasteiger partial charge in [-0.2, -0.15) is 0 Å². The van der Waals surface area contributed by atoms with Crippen LogP contribution in [-0.4, -0.2) is 32.6 Å². The summed E-state index contributed by atoms with van der Waals surface area (Å²) in [6.45, 7) is 6.52. The van der Waals surface area contributed by atoms with E-state index in [2.05, 4.69) is 0 Å². The number of aliphatic hydroxyl groups is 1. The molecule has 30 heavy (non-hydrogen) atoms. The van der Waals surface area contributed by atoms with Crippen LogP contribution in [0.1, 0.15) is 38.8 Å². The van der Waals surface area contributed by atoms with Gasteiger partial charge in [0.1, 0.15) is 17.0 Å². The van der Waals surface area contributed by atoms with Crippen molar-refractivity contribution in [3.63, 3.8) is 0 Å². The molecule has 7 nitrogen and oxygen atoms in total. The minimum absolute atomic E-state index is 0. The van der Waals surface area contributed by atoms with Gasteiger partial charge in [-0.1, -0.05) is 60.7 Å². The van der Waals surface area contributed by atoms with Crippen LogP contribution < -0.4 is 11.9 Å². The Labute approximate surface area is 183 Å². The third-order valence-electron chi connectivity index (χ3n) is 3.27. The molecular weight excluding hydrogens is 408 g/mol. The van der Waals surface area contributed by atoms with Gasteiger partial charge >= 0.3 is 11.9 Å². The van der Waals surface area contributed by atoms with Crippen LogP contribution in [0.4, 0.5) is 0 Å². The Morgan fingerprint density at radius 3 is 1.57 bits per heavy atom. The van der Waals surface area contributed by atoms with E-state index in [1.165, 1.54) is 13.8 Å². The lowest BCUT2D eigenvalue weighted by molar-refractivity contribution is -0.147. The van der Waals surface area contributed by atoms with Crippen molar-refractivity contribution in [2.24, 2.45) is 5.73 Å². The van der Waals surface area contributed by atoms with E-state index in [4.69, 9.17) is 32.3 Å². The smallest absolute Gasteiger partial charge is 0.326 e. The molecule has 0 atom stereocenters. The second-order valence-corrected chi connectivity index (χ2v) is 8.15. The fraction of sp³-hybridized carbons (Fsp3) is 0.364. The average molecular weight is 441 g/mol. The number of hydrogen-bond acceptors (Lipinski definition) is 6. The second kappa shape index (κ2) is 14.5. The third-order valence-corrected chi connectivity index (χ3v) is 3.43. The van der Waals surface area contributed by atoms with Gasteiger partial charge in [0.2, 0.25) is 0 Å². The fourth-order valence-corrected chi connectivity index (χ4v) is 1.53. The van der Waals surface area contributed by atoms with E-state index >= 15 is 0 Å². The zero-order chi connectivity index (χ0) is 22.5. The first-order valence-electron chi connectivity index (χ1n) is 8.95. The van der Waals surface area contributed by atoms with Crippen molar-refractivity contribution in [2.45, 2.75) is 51.3 Å². The van der Waals surface area contributed by atoms with Crippen LogP contribution in [-0.2, 0) is 27.5 Å². The number of carboxylic acid groups (broad SMARTS) is 1. The molecule has 0 saturated carbocycles. The summed E-state index contributed by atoms with van der Waals surface area (Å²) in [5.74, 6) is -1.38. The standard InChI is InChI=1S/C11H13ClO2.C7H8O.C4H9NO2.H3N/c1-11(2,12)10(13)14-8-9-6-4-3-5-7-9;8-6-7-4-2-1-3-5-7;1-4(2,5)3(6)7;/h3-7H,8H2,1-2H3;1-5,8H,6H2;5H2,1-2H3,(H,6,7);1H3. The number of nitrogens with two attached hydrogens (primary N) is 1. The van der Waals surface area contributed by atoms with E-state index in [1.54, 1.807) is 13.8 Å². The maximum absolute atomic E-state index is 11.3. The first-order chi connectivity index (χ1) is 13.4. The molecule has 2 aromatic rings. The van der Waals surface area contributed by atoms with Gasteiger partial charge < -0.3 is 26.8 Å². The lowest BCUT2D eigenvalue weighted by Crippen LogP contribution is -2.41. The number of carboxylic acids is 1. The second-order valence-electron chi connectivity index (χ2n) is 7.20. The van der Waals surface area contributed by atoms with Crippen molar-refractivity contribution in [1.29, 1.82) is 0 Å². The molecule has 0 aliphatic rings. The van der Waals surface area contributed by atoms with E-state index in [9.17, 15) is 9.59 Å². The maximum Gasteiger partial charge on any atom is 0.326 e. The van der Waals surface area contributed by atoms with Gasteiger partial charge in [-0.3, -0.25) is 9.59 Å². The molecule has 168 valence electrons. The van der Waals surface area contributed by atoms with E-state index in [-0.39, 0.29) is 19.4 Å². The number of aliphatic carboxylic acids is 1. The number of benzene rings is 2. The lowest BCUT2D eigenvalue weighted by Gasteiger charge is -2.14. The molecule has 8 heteroatoms. The highest BCUT2D eigenvalue weighted by molar-refractivity contribution is 6.33. The molecule has 0 bridgehead atoms. The Kier molecular flexibility index (Phi) is 14.4. The Hall–Kier alpha value is -2.45. The Balaban J connectivity index is 0. The highest BCUT2D eigenvalue weighted by Gasteiger charge is 2.25. The first-order valence-corrected chi connectivity index (χ1v) is 9.32. The molecule has 0 aromatic heterocycles. The first kappa shape index (κ1) is 29.7. The van der Waals surface area contributed by atoms with Gasteiger partial charge in [0.05, 0.1) is 6.61 Å². The molecule has 0 saturated heterocycles. The minimum atomic E-state index is -1.08. The molecule has 2 rings (SSSR count). The molecule has 0 fully saturated rings. The largest absolute Gasteiger partial charge is 0.480 e. The van der Waals surface area contributed by atoms with Crippen LogP contribution in [0.2, 0.25) is 0 Å². The summed E-state index contributed by atoms with van der Waals surface area (Å²) < 4.78 is 5.02. The number of halogens is 1. The van der Waals surface area contributed by atoms with E-state index in [0.717, 1.165) is 11.1 Å². The molecule has 7 N–H and O–H groups in total. The van der Waals surface area contributed by atoms with Crippen LogP contribution in [0.15, 0.2) is 60.7 Å². The Morgan fingerprint density at radius 1 is 0.933 bits per heavy atom. The molecular formula is C22H33ClN2O5. The predicted octanol–water partition coefficient (Wildman–Crippen LogP) is 3.90. The normalized spacial score (nSPS) is 10.2. The van der Waals surface area contributed by atoms with E-state index in [0.29, 0.717) is 0 Å². The summed E-state index contributed by atoms with van der Waals surface area (Å²) in [6, 6.07) is 19.0. The third kappa shape index (κ3) is 14.5. The number of hydrogen-bond donors (Lipinski definition) is 4. The zero-order valence-corrected chi connectivity index (χ0v) is 18.7. The predicted molar refractivity (Wildman–Crippen MR) is 119 cm³/mol. The van der Waals surface area contributed by atoms with Crippen molar-refractivity contribution in [1.82, 2.24) is 6.15 Å². The van der Waals surface area contributed by atoms with Crippen LogP contribution >= 0.6 is 11.6 Å². The topological polar surface area (TPSA) is 145 Å². The molecule has 0 radical (unpaired) electrons. The van der Waals surface area contributed by atoms with Gasteiger partial charge in [-0.15, -0.1) is 11.6 Å². The summed E-state index contributed by atoms with van der Waals surface area (Å²) in [6.07, 6.45) is 0. The van der Waals surface area contributed by atoms with Crippen molar-refractivity contribution in [3.05, 3.63) is 71.8 Å². The highest BCUT2D eigenvalue weighted by Crippen LogP contribution is 2.15. The quantitative estimate of drug-likeness (QED) is 0.407. The molecule has 0 aliphatic heterocycles. The van der Waals surface area contributed by atoms with Crippen LogP contribution in [0.3, 0.4) is 0 Å². The lowest BCUT2D eigenvalue weighted by atomic mass is 10.1. The number of carbonyl (C=O) groups excluding carboxylic acids is 1. The number of aliphatic hydroxyl groups excluding tert-OH is 1. The van der Waals surface area contributed by atoms with Crippen molar-refractivity contribution < 1.29 is 24.5 Å². The molecule has 2 aromatic carbocycles. The van der Waals surface area contributed by atoms with Crippen molar-refractivity contribution in [3.8, 4) is 0 Å². The molecule has 0 amide bonds. The summed E-state index contributed by atoms with van der Waals surface area (Å²) >= 11 is 5.78. The van der Waals surface area contributed by atoms with Crippen molar-refractivity contribution in [2.75, 3.05) is 0 Å². The van der Waals surface area contributed by atoms with Crippen LogP contribution in [0, 0.1) is 0 Å². The minimum Gasteiger partial charge on any atom is -0.480 e. The number of esters is 1. The summed E-state index contributed by atoms with van der Waals surface area (Å²) in [4.78, 5) is 20.2. The zero-order valence-electron chi connectivity index (χ0n) is 18.0. The molecule has 0 heterocycles. The Morgan fingerprint density at radius 2 is 1.30 bits per heavy atom. The highest BCUT2D eigenvalue weighted by atomic mass is 35.5. The van der Waals surface area contributed by atoms with Gasteiger partial charge in [-0.05, 0) is 38.8 Å². The van der Waals surface area contributed by atoms with Crippen LogP contribution in [0.25, 0.3) is 0 Å². The number of ether oxygens (including phenoxy) is 1. The molecule has 0 spiro atoms. The van der Waals surface area contributed by atoms with Gasteiger partial charge in [0, 0.05) is 0 Å². The number of carbonyl (C=O) groups is 2. The summed E-state index contributed by atoms with van der Waals surface area (Å²) in [7, 11) is 0. The van der Waals surface area contributed by atoms with Crippen LogP contribution in [0.5, 0.6) is 0 Å².